The van der Waals surface area contributed by atoms with E-state index in [2.05, 4.69) is 4.74 Å². The Morgan fingerprint density at radius 2 is 1.85 bits per heavy atom. The molecule has 0 aliphatic heterocycles. The largest absolute Gasteiger partial charge is 0.481 e. The predicted octanol–water partition coefficient (Wildman–Crippen LogP) is 2.70. The molecule has 0 spiro atoms. The van der Waals surface area contributed by atoms with Gasteiger partial charge in [0.1, 0.15) is 4.90 Å². The van der Waals surface area contributed by atoms with Gasteiger partial charge in [-0.2, -0.15) is 0 Å². The van der Waals surface area contributed by atoms with Gasteiger partial charge in [0.15, 0.2) is 33.8 Å². The summed E-state index contributed by atoms with van der Waals surface area (Å²) < 4.78 is 35.3. The van der Waals surface area contributed by atoms with E-state index in [4.69, 9.17) is 16.3 Å². The van der Waals surface area contributed by atoms with E-state index in [1.165, 1.54) is 45.2 Å². The molecule has 0 bridgehead atoms. The number of benzene rings is 1. The van der Waals surface area contributed by atoms with Crippen LogP contribution in [0.15, 0.2) is 27.5 Å². The number of Topliss-reactive ketones (excluding diaryl/α,β-unsaturated/α-hetero) is 2. The minimum atomic E-state index is -3.81. The number of methoxy groups -OCH3 is 1. The summed E-state index contributed by atoms with van der Waals surface area (Å²) in [6.45, 7) is 0.936. The number of hydrogen-bond acceptors (Lipinski definition) is 9. The highest BCUT2D eigenvalue weighted by Gasteiger charge is 2.32. The van der Waals surface area contributed by atoms with Gasteiger partial charge in [-0.15, -0.1) is 11.8 Å². The Morgan fingerprint density at radius 1 is 1.18 bits per heavy atom. The topological polar surface area (TPSA) is 124 Å². The van der Waals surface area contributed by atoms with Gasteiger partial charge in [0.25, 0.3) is 5.91 Å². The van der Waals surface area contributed by atoms with Gasteiger partial charge in [-0.05, 0) is 25.0 Å². The Bertz CT molecular complexity index is 1140. The molecule has 0 unspecified atom stereocenters. The van der Waals surface area contributed by atoms with Crippen LogP contribution in [-0.2, 0) is 29.0 Å². The van der Waals surface area contributed by atoms with Crippen LogP contribution in [0, 0.1) is 0 Å². The van der Waals surface area contributed by atoms with Crippen molar-refractivity contribution in [2.24, 2.45) is 0 Å². The van der Waals surface area contributed by atoms with Crippen LogP contribution in [0.5, 0.6) is 5.75 Å². The molecule has 0 aromatic heterocycles. The van der Waals surface area contributed by atoms with E-state index in [0.29, 0.717) is 17.7 Å². The van der Waals surface area contributed by atoms with Gasteiger partial charge in [0.05, 0.1) is 29.2 Å². The maximum absolute atomic E-state index is 13.4. The average molecular weight is 532 g/mol. The zero-order chi connectivity index (χ0) is 25.6. The van der Waals surface area contributed by atoms with Crippen molar-refractivity contribution in [1.29, 1.82) is 0 Å². The first-order valence-corrected chi connectivity index (χ1v) is 13.3. The number of ether oxygens (including phenoxy) is 2. The fourth-order valence-corrected chi connectivity index (χ4v) is 5.50. The van der Waals surface area contributed by atoms with E-state index < -0.39 is 39.9 Å². The molecule has 0 fully saturated rings. The number of carbonyl (C=O) groups excluding carboxylic acids is 4. The predicted molar refractivity (Wildman–Crippen MR) is 128 cm³/mol. The number of likely N-dealkylation sites (N-methyl/N-ethyl adjacent to an activating group) is 1. The smallest absolute Gasteiger partial charge is 0.315 e. The Labute approximate surface area is 207 Å². The lowest BCUT2D eigenvalue weighted by molar-refractivity contribution is -0.137. The SMILES string of the molecule is CCS(=O)(=O)c1ccc(C(=O)C2=C(SCC(=O)OC)CCCC2=O)c(Cl)c1OCC(=O)N(C)C. The second-order valence-corrected chi connectivity index (χ2v) is 11.2. The van der Waals surface area contributed by atoms with Crippen LogP contribution < -0.4 is 4.74 Å². The molecule has 1 aliphatic carbocycles. The third kappa shape index (κ3) is 6.39. The van der Waals surface area contributed by atoms with Crippen molar-refractivity contribution < 1.29 is 37.1 Å². The molecule has 186 valence electrons. The van der Waals surface area contributed by atoms with Gasteiger partial charge >= 0.3 is 5.97 Å². The molecule has 1 aliphatic rings. The maximum Gasteiger partial charge on any atom is 0.315 e. The molecule has 0 N–H and O–H groups in total. The van der Waals surface area contributed by atoms with Crippen molar-refractivity contribution in [2.45, 2.75) is 31.1 Å². The third-order valence-corrected chi connectivity index (χ3v) is 8.31. The number of rotatable bonds is 10. The molecule has 9 nitrogen and oxygen atoms in total. The number of sulfone groups is 1. The molecule has 1 amide bonds. The van der Waals surface area contributed by atoms with Gasteiger partial charge < -0.3 is 14.4 Å². The van der Waals surface area contributed by atoms with Crippen LogP contribution in [0.25, 0.3) is 0 Å². The summed E-state index contributed by atoms with van der Waals surface area (Å²) in [5.41, 5.74) is -0.228. The van der Waals surface area contributed by atoms with Gasteiger partial charge in [0.2, 0.25) is 0 Å². The molecular formula is C22H26ClNO8S2. The summed E-state index contributed by atoms with van der Waals surface area (Å²) in [5.74, 6) is -2.70. The summed E-state index contributed by atoms with van der Waals surface area (Å²) in [5, 5.41) is -0.311. The van der Waals surface area contributed by atoms with Crippen molar-refractivity contribution in [3.63, 3.8) is 0 Å². The maximum atomic E-state index is 13.4. The summed E-state index contributed by atoms with van der Waals surface area (Å²) in [6.07, 6.45) is 1.11. The van der Waals surface area contributed by atoms with Gasteiger partial charge in [0, 0.05) is 31.0 Å². The van der Waals surface area contributed by atoms with Crippen LogP contribution in [0.2, 0.25) is 5.02 Å². The fraction of sp³-hybridized carbons (Fsp3) is 0.455. The first-order valence-electron chi connectivity index (χ1n) is 10.3. The number of allylic oxidation sites excluding steroid dienone is 2. The molecule has 0 saturated heterocycles. The summed E-state index contributed by atoms with van der Waals surface area (Å²) in [4.78, 5) is 51.1. The Morgan fingerprint density at radius 3 is 2.44 bits per heavy atom. The highest BCUT2D eigenvalue weighted by Crippen LogP contribution is 2.39. The van der Waals surface area contributed by atoms with Crippen LogP contribution in [0.4, 0.5) is 0 Å². The second-order valence-electron chi connectivity index (χ2n) is 7.50. The lowest BCUT2D eigenvalue weighted by atomic mass is 9.91. The highest BCUT2D eigenvalue weighted by molar-refractivity contribution is 8.03. The zero-order valence-electron chi connectivity index (χ0n) is 19.3. The van der Waals surface area contributed by atoms with E-state index in [9.17, 15) is 27.6 Å². The lowest BCUT2D eigenvalue weighted by Crippen LogP contribution is -2.28. The number of amides is 1. The van der Waals surface area contributed by atoms with Crippen LogP contribution in [-0.4, -0.2) is 76.1 Å². The molecule has 2 rings (SSSR count). The minimum Gasteiger partial charge on any atom is -0.481 e. The Balaban J connectivity index is 2.58. The Kier molecular flexibility index (Phi) is 9.72. The summed E-state index contributed by atoms with van der Waals surface area (Å²) >= 11 is 7.50. The molecule has 1 aromatic carbocycles. The molecular weight excluding hydrogens is 506 g/mol. The van der Waals surface area contributed by atoms with Crippen molar-refractivity contribution in [1.82, 2.24) is 4.90 Å². The van der Waals surface area contributed by atoms with E-state index in [-0.39, 0.29) is 44.7 Å². The van der Waals surface area contributed by atoms with E-state index in [1.54, 1.807) is 0 Å². The number of ketones is 2. The molecule has 0 heterocycles. The van der Waals surface area contributed by atoms with E-state index in [1.807, 2.05) is 0 Å². The van der Waals surface area contributed by atoms with Crippen molar-refractivity contribution in [2.75, 3.05) is 39.3 Å². The van der Waals surface area contributed by atoms with Crippen LogP contribution in [0.3, 0.4) is 0 Å². The quantitative estimate of drug-likeness (QED) is 0.254. The number of esters is 1. The first-order chi connectivity index (χ1) is 15.9. The molecule has 0 radical (unpaired) electrons. The van der Waals surface area contributed by atoms with Gasteiger partial charge in [-0.25, -0.2) is 8.42 Å². The number of hydrogen-bond donors (Lipinski definition) is 0. The lowest BCUT2D eigenvalue weighted by Gasteiger charge is -2.20. The van der Waals surface area contributed by atoms with Crippen LogP contribution >= 0.6 is 23.4 Å². The van der Waals surface area contributed by atoms with Crippen molar-refractivity contribution >= 4 is 56.6 Å². The van der Waals surface area contributed by atoms with Gasteiger partial charge in [-0.1, -0.05) is 18.5 Å². The highest BCUT2D eigenvalue weighted by atomic mass is 35.5. The molecule has 0 saturated carbocycles. The standard InChI is InChI=1S/C22H26ClNO8S2/c1-5-34(29,30)16-10-9-13(20(23)22(16)32-11-17(26)24(2)3)21(28)19-14(25)7-6-8-15(19)33-12-18(27)31-4/h9-10H,5-8,11-12H2,1-4H3. The minimum absolute atomic E-state index is 0.0711. The zero-order valence-corrected chi connectivity index (χ0v) is 21.7. The molecule has 1 aromatic rings. The monoisotopic (exact) mass is 531 g/mol. The number of thioether (sulfide) groups is 1. The summed E-state index contributed by atoms with van der Waals surface area (Å²) in [6, 6.07) is 2.41. The molecule has 12 heteroatoms. The second kappa shape index (κ2) is 11.9. The third-order valence-electron chi connectivity index (χ3n) is 5.04. The summed E-state index contributed by atoms with van der Waals surface area (Å²) in [7, 11) is 0.441. The molecule has 34 heavy (non-hydrogen) atoms. The first kappa shape index (κ1) is 27.9. The number of carbonyl (C=O) groups is 4. The van der Waals surface area contributed by atoms with E-state index in [0.717, 1.165) is 11.8 Å². The average Bonchev–Trinajstić information content (AvgIpc) is 2.80. The van der Waals surface area contributed by atoms with Crippen molar-refractivity contribution in [3.05, 3.63) is 33.2 Å². The van der Waals surface area contributed by atoms with Crippen LogP contribution in [0.1, 0.15) is 36.5 Å². The number of nitrogens with zero attached hydrogens (tertiary/aromatic N) is 1. The molecule has 0 atom stereocenters. The van der Waals surface area contributed by atoms with Crippen molar-refractivity contribution in [3.8, 4) is 5.75 Å². The van der Waals surface area contributed by atoms with E-state index >= 15 is 0 Å². The Hall–Kier alpha value is -2.37. The number of halogens is 1. The fourth-order valence-electron chi connectivity index (χ4n) is 3.06. The van der Waals surface area contributed by atoms with Gasteiger partial charge in [-0.3, -0.25) is 19.2 Å². The normalized spacial score (nSPS) is 14.1.